The SMILES string of the molecule is C/C=C\CO.COC(=O)N(OC)/C(C)=C\COc1ccn(-c2ccc(Cl)cc2)n1.COC(=O)N(OC)[C@H](C)[C@H](O)COc1ccn(-c2ccc(Cl)cc2)n1.CON1C(=O)OC(COc2ccn(-c3ccc(Cl)cc3)n2)C1C.CON[C@H](C)[C@H](O)COc1ccn(-c2ccc(Cl)cc2)n1.C[C@@H]1O[C@@H]1CO.C[C@@H]1O[C@@H]1COc1ccn(-c2ccc(Cl)cc2)n1.[I-]. The fraction of sp³-hybridized carbons (Fsp3) is 0.366. The molecule has 5 aromatic carbocycles. The van der Waals surface area contributed by atoms with Gasteiger partial charge in [0, 0.05) is 92.1 Å². The molecular weight excluding hydrogens is 1820 g/mol. The predicted octanol–water partition coefficient (Wildman–Crippen LogP) is 10.2. The Morgan fingerprint density at radius 1 is 0.512 bits per heavy atom. The monoisotopic (exact) mass is 1920 g/mol. The molecule has 3 saturated heterocycles. The normalized spacial score (nSPS) is 16.8. The van der Waals surface area contributed by atoms with E-state index in [1.54, 1.807) is 160 Å². The van der Waals surface area contributed by atoms with Gasteiger partial charge in [0.2, 0.25) is 29.4 Å². The first kappa shape index (κ1) is 102. The van der Waals surface area contributed by atoms with Gasteiger partial charge in [-0.1, -0.05) is 70.2 Å². The third-order valence-electron chi connectivity index (χ3n) is 17.4. The van der Waals surface area contributed by atoms with Gasteiger partial charge in [-0.3, -0.25) is 14.5 Å². The number of ether oxygens (including phenoxy) is 10. The van der Waals surface area contributed by atoms with Crippen molar-refractivity contribution in [3.8, 4) is 57.8 Å². The van der Waals surface area contributed by atoms with Crippen LogP contribution >= 0.6 is 58.0 Å². The second kappa shape index (κ2) is 53.4. The third kappa shape index (κ3) is 34.0. The van der Waals surface area contributed by atoms with Gasteiger partial charge in [0.25, 0.3) is 0 Å². The van der Waals surface area contributed by atoms with Crippen molar-refractivity contribution >= 4 is 76.3 Å². The number of allylic oxidation sites excluding steroid dienone is 2. The number of aliphatic hydroxyl groups excluding tert-OH is 4. The first-order valence-corrected chi connectivity index (χ1v) is 39.6. The summed E-state index contributed by atoms with van der Waals surface area (Å²) < 4.78 is 60.5. The largest absolute Gasteiger partial charge is 1.00 e. The molecule has 668 valence electrons. The van der Waals surface area contributed by atoms with Crippen LogP contribution in [0.25, 0.3) is 28.4 Å². The number of rotatable bonds is 31. The van der Waals surface area contributed by atoms with Crippen molar-refractivity contribution in [2.45, 2.75) is 109 Å². The minimum Gasteiger partial charge on any atom is -1.00 e. The van der Waals surface area contributed by atoms with E-state index in [1.165, 1.54) is 47.7 Å². The van der Waals surface area contributed by atoms with Crippen molar-refractivity contribution in [2.75, 3.05) is 88.9 Å². The van der Waals surface area contributed by atoms with E-state index in [0.717, 1.165) is 38.6 Å². The Labute approximate surface area is 754 Å². The molecule has 0 saturated carbocycles. The molecule has 123 heavy (non-hydrogen) atoms. The van der Waals surface area contributed by atoms with Gasteiger partial charge in [0.15, 0.2) is 6.10 Å². The Bertz CT molecular complexity index is 4780. The second-order valence-corrected chi connectivity index (χ2v) is 28.2. The van der Waals surface area contributed by atoms with Gasteiger partial charge in [-0.25, -0.2) is 37.8 Å². The number of hydrogen-bond donors (Lipinski definition) is 5. The average Bonchev–Trinajstić information content (AvgIpc) is 1.69. The minimum atomic E-state index is -1.00. The van der Waals surface area contributed by atoms with Gasteiger partial charge in [-0.15, -0.1) is 25.5 Å². The lowest BCUT2D eigenvalue weighted by molar-refractivity contribution is -0.156. The lowest BCUT2D eigenvalue weighted by atomic mass is 10.2. The highest BCUT2D eigenvalue weighted by Gasteiger charge is 2.40. The molecule has 41 heteroatoms. The average molecular weight is 1920 g/mol. The van der Waals surface area contributed by atoms with Crippen LogP contribution in [0.2, 0.25) is 25.1 Å². The number of halogens is 6. The number of nitrogens with one attached hydrogen (secondary N) is 1. The quantitative estimate of drug-likeness (QED) is 0.00886. The van der Waals surface area contributed by atoms with Gasteiger partial charge >= 0.3 is 18.3 Å². The van der Waals surface area contributed by atoms with Gasteiger partial charge in [0.1, 0.15) is 63.5 Å². The fourth-order valence-corrected chi connectivity index (χ4v) is 10.8. The van der Waals surface area contributed by atoms with Crippen LogP contribution < -0.4 is 53.1 Å². The lowest BCUT2D eigenvalue weighted by Crippen LogP contribution is -3.00. The molecule has 35 nitrogen and oxygen atoms in total. The lowest BCUT2D eigenvalue weighted by Gasteiger charge is -2.28. The zero-order valence-electron chi connectivity index (χ0n) is 69.6. The summed E-state index contributed by atoms with van der Waals surface area (Å²) >= 11 is 29.3. The van der Waals surface area contributed by atoms with Crippen LogP contribution in [0, 0.1) is 0 Å². The number of aromatic nitrogens is 10. The molecular formula is C82H101Cl5IN14O21-. The zero-order chi connectivity index (χ0) is 88.8. The Kier molecular flexibility index (Phi) is 44.3. The highest BCUT2D eigenvalue weighted by Crippen LogP contribution is 2.26. The van der Waals surface area contributed by atoms with E-state index < -0.39 is 42.6 Å². The molecule has 3 fully saturated rings. The molecule has 10 atom stereocenters. The standard InChI is InChI=1S/C16H20ClN3O5.C16H18ClN3O4.C15H16ClN3O4.C14H18ClN3O3.C13H13ClN2O2.C4H8O2.C4H8O.HI/c1-11(20(24-3)16(22)23-2)14(21)10-25-15-8-9-19(18-15)13-6-4-12(17)5-7-13;1-12(20(23-3)16(21)22-2)9-11-24-15-8-10-19(18-15)14-6-4-13(17)5-7-14;1-10-13(23-15(20)19(10)21-2)9-22-14-7-8-18(17-14)12-5-3-11(16)4-6-12;1-10(17-20-2)13(19)9-21-14-7-8-18(16-14)12-5-3-11(15)4-6-12;1-9-12(18-9)8-17-13-6-7-16(15-13)11-4-2-10(14)3-5-11;1-3-4(2-5)6-3;1-2-3-4-5;/h4-9,11,14,21H,10H2,1-3H3;4-10H,11H2,1-3H3;3-8,10,13H,9H2,1-2H3;3-8,10,13,17,19H,9H2,1-2H3;2-7,9,12H,8H2,1H3;3-5H,2H2,1H3;2-3,5H,4H2,1H3;1H/p-1/b;12-9-;;;;;3-2-;/t11-,14-;;;10-,13-;9-,12+;3-,4+;;/m1..100../s1. The predicted molar refractivity (Wildman–Crippen MR) is 454 cm³/mol. The summed E-state index contributed by atoms with van der Waals surface area (Å²) in [6, 6.07) is 44.1. The number of nitrogens with zero attached hydrogens (tertiary/aromatic N) is 13. The van der Waals surface area contributed by atoms with Gasteiger partial charge in [-0.05, 0) is 176 Å². The maximum absolute atomic E-state index is 11.5. The number of carbonyl (C=O) groups excluding carboxylic acids is 3. The van der Waals surface area contributed by atoms with Crippen molar-refractivity contribution in [2.24, 2.45) is 0 Å². The Hall–Kier alpha value is -9.82. The molecule has 5 aromatic heterocycles. The van der Waals surface area contributed by atoms with Crippen LogP contribution in [-0.4, -0.2) is 253 Å². The number of benzene rings is 5. The minimum absolute atomic E-state index is 0. The summed E-state index contributed by atoms with van der Waals surface area (Å²) in [5, 5.41) is 64.2. The Morgan fingerprint density at radius 3 is 1.15 bits per heavy atom. The molecule has 3 aliphatic heterocycles. The summed E-state index contributed by atoms with van der Waals surface area (Å²) in [5.74, 6) is 2.28. The molecule has 3 aliphatic rings. The fourth-order valence-electron chi connectivity index (χ4n) is 10.2. The van der Waals surface area contributed by atoms with E-state index in [1.807, 2.05) is 113 Å². The third-order valence-corrected chi connectivity index (χ3v) is 18.7. The van der Waals surface area contributed by atoms with E-state index in [-0.39, 0.29) is 87.9 Å². The van der Waals surface area contributed by atoms with Crippen LogP contribution in [0.1, 0.15) is 48.5 Å². The summed E-state index contributed by atoms with van der Waals surface area (Å²) in [7, 11) is 8.12. The van der Waals surface area contributed by atoms with Gasteiger partial charge < -0.3 is 96.6 Å². The molecule has 0 spiro atoms. The van der Waals surface area contributed by atoms with Crippen LogP contribution in [0.15, 0.2) is 207 Å². The summed E-state index contributed by atoms with van der Waals surface area (Å²) in [5.41, 5.74) is 7.59. The maximum atomic E-state index is 11.5. The second-order valence-electron chi connectivity index (χ2n) is 26.1. The van der Waals surface area contributed by atoms with Gasteiger partial charge in [-0.2, -0.15) is 20.7 Å². The zero-order valence-corrected chi connectivity index (χ0v) is 75.5. The number of cyclic esters (lactones) is 1. The summed E-state index contributed by atoms with van der Waals surface area (Å²) in [4.78, 5) is 54.1. The van der Waals surface area contributed by atoms with E-state index in [0.29, 0.717) is 79.0 Å². The van der Waals surface area contributed by atoms with Crippen LogP contribution in [-0.2, 0) is 43.0 Å². The first-order chi connectivity index (χ1) is 58.7. The number of hydroxylamine groups is 7. The highest BCUT2D eigenvalue weighted by atomic mass is 127. The van der Waals surface area contributed by atoms with E-state index >= 15 is 0 Å². The number of hydrogen-bond acceptors (Lipinski definition) is 27. The number of aliphatic hydroxyl groups is 4. The maximum Gasteiger partial charge on any atom is 0.438 e. The molecule has 10 aromatic rings. The summed E-state index contributed by atoms with van der Waals surface area (Å²) in [6.45, 7) is 14.2. The van der Waals surface area contributed by atoms with Crippen molar-refractivity contribution in [3.05, 3.63) is 232 Å². The van der Waals surface area contributed by atoms with Gasteiger partial charge in [0.05, 0.1) is 109 Å². The van der Waals surface area contributed by atoms with Crippen molar-refractivity contribution in [3.63, 3.8) is 0 Å². The van der Waals surface area contributed by atoms with Crippen molar-refractivity contribution in [1.29, 1.82) is 0 Å². The molecule has 0 aliphatic carbocycles. The Morgan fingerprint density at radius 2 is 0.862 bits per heavy atom. The number of amides is 3. The van der Waals surface area contributed by atoms with Crippen LogP contribution in [0.4, 0.5) is 14.4 Å². The molecule has 2 unspecified atom stereocenters. The number of methoxy groups -OCH3 is 2. The smallest absolute Gasteiger partial charge is 0.438 e. The van der Waals surface area contributed by atoms with Crippen LogP contribution in [0.5, 0.6) is 29.4 Å². The molecule has 5 N–H and O–H groups in total. The van der Waals surface area contributed by atoms with E-state index in [2.05, 4.69) is 40.4 Å². The number of epoxide rings is 2. The Balaban J connectivity index is 0.000000230. The van der Waals surface area contributed by atoms with Crippen LogP contribution in [0.3, 0.4) is 0 Å². The topological polar surface area (TPSA) is 379 Å². The summed E-state index contributed by atoms with van der Waals surface area (Å²) in [6.07, 6.45) is 11.1. The molecule has 13 rings (SSSR count). The number of carbonyl (C=O) groups is 3. The van der Waals surface area contributed by atoms with Crippen molar-refractivity contribution in [1.82, 2.24) is 69.6 Å². The molecule has 8 heterocycles. The molecule has 3 amide bonds. The van der Waals surface area contributed by atoms with E-state index in [9.17, 15) is 24.6 Å². The van der Waals surface area contributed by atoms with Crippen molar-refractivity contribution < 1.29 is 126 Å². The molecule has 0 bridgehead atoms. The van der Waals surface area contributed by atoms with E-state index in [4.69, 9.17) is 125 Å². The molecule has 0 radical (unpaired) electrons. The first-order valence-electron chi connectivity index (χ1n) is 37.7. The highest BCUT2D eigenvalue weighted by molar-refractivity contribution is 6.31.